The fraction of sp³-hybridized carbons (Fsp3) is 0.400. The summed E-state index contributed by atoms with van der Waals surface area (Å²) in [6.07, 6.45) is 0.970. The number of carboxylic acids is 1. The summed E-state index contributed by atoms with van der Waals surface area (Å²) in [7, 11) is 0. The van der Waals surface area contributed by atoms with Gasteiger partial charge in [-0.1, -0.05) is 0 Å². The molecule has 3 rings (SSSR count). The molecule has 1 aliphatic rings. The fourth-order valence-corrected chi connectivity index (χ4v) is 3.35. The number of nitrogens with zero attached hydrogens (tertiary/aromatic N) is 2. The van der Waals surface area contributed by atoms with Crippen LogP contribution in [0.4, 0.5) is 0 Å². The number of ether oxygens (including phenoxy) is 1. The van der Waals surface area contributed by atoms with Gasteiger partial charge in [-0.3, -0.25) is 9.59 Å². The summed E-state index contributed by atoms with van der Waals surface area (Å²) < 4.78 is 10.7. The summed E-state index contributed by atoms with van der Waals surface area (Å²) in [5.41, 5.74) is 0.386. The minimum atomic E-state index is -0.936. The monoisotopic (exact) mass is 336 g/mol. The molecule has 2 aromatic heterocycles. The Kier molecular flexibility index (Phi) is 4.44. The van der Waals surface area contributed by atoms with Crippen LogP contribution in [0.2, 0.25) is 0 Å². The lowest BCUT2D eigenvalue weighted by atomic mass is 10.2. The second-order valence-electron chi connectivity index (χ2n) is 5.24. The van der Waals surface area contributed by atoms with Gasteiger partial charge in [-0.2, -0.15) is 0 Å². The third kappa shape index (κ3) is 3.43. The molecule has 122 valence electrons. The number of aryl methyl sites for hydroxylation is 1. The topological polar surface area (TPSA) is 92.9 Å². The third-order valence-corrected chi connectivity index (χ3v) is 4.54. The number of amides is 1. The standard InChI is InChI=1S/C15H16N2O5S/c1-9-13(16-14(23-9)11-3-2-5-22-11)15(20)17-4-6-21-10(8-17)7-12(18)19/h2-3,5,10H,4,6-8H2,1H3,(H,18,19). The molecular weight excluding hydrogens is 320 g/mol. The summed E-state index contributed by atoms with van der Waals surface area (Å²) in [6, 6.07) is 3.57. The van der Waals surface area contributed by atoms with Crippen molar-refractivity contribution in [3.05, 3.63) is 29.0 Å². The van der Waals surface area contributed by atoms with E-state index in [9.17, 15) is 9.59 Å². The number of thiazole rings is 1. The number of aromatic nitrogens is 1. The number of morpholine rings is 1. The van der Waals surface area contributed by atoms with Gasteiger partial charge in [0.25, 0.3) is 5.91 Å². The second kappa shape index (κ2) is 6.51. The largest absolute Gasteiger partial charge is 0.481 e. The Morgan fingerprint density at radius 1 is 1.52 bits per heavy atom. The first-order chi connectivity index (χ1) is 11.0. The van der Waals surface area contributed by atoms with Gasteiger partial charge in [-0.15, -0.1) is 11.3 Å². The number of carbonyl (C=O) groups excluding carboxylic acids is 1. The molecule has 1 saturated heterocycles. The Morgan fingerprint density at radius 2 is 2.35 bits per heavy atom. The number of carbonyl (C=O) groups is 2. The third-order valence-electron chi connectivity index (χ3n) is 3.56. The fourth-order valence-electron chi connectivity index (χ4n) is 2.47. The van der Waals surface area contributed by atoms with E-state index in [1.54, 1.807) is 23.3 Å². The van der Waals surface area contributed by atoms with Crippen molar-refractivity contribution in [1.82, 2.24) is 9.88 Å². The van der Waals surface area contributed by atoms with Gasteiger partial charge in [0.15, 0.2) is 10.8 Å². The van der Waals surface area contributed by atoms with E-state index < -0.39 is 12.1 Å². The van der Waals surface area contributed by atoms with Crippen LogP contribution in [0.1, 0.15) is 21.8 Å². The van der Waals surface area contributed by atoms with Gasteiger partial charge in [0.1, 0.15) is 5.69 Å². The highest BCUT2D eigenvalue weighted by atomic mass is 32.1. The molecule has 0 aromatic carbocycles. The second-order valence-corrected chi connectivity index (χ2v) is 6.45. The first-order valence-corrected chi connectivity index (χ1v) is 8.00. The van der Waals surface area contributed by atoms with Crippen molar-refractivity contribution in [2.24, 2.45) is 0 Å². The molecule has 0 bridgehead atoms. The van der Waals surface area contributed by atoms with E-state index in [0.29, 0.717) is 29.6 Å². The lowest BCUT2D eigenvalue weighted by Gasteiger charge is -2.32. The van der Waals surface area contributed by atoms with Crippen LogP contribution in [0.3, 0.4) is 0 Å². The summed E-state index contributed by atoms with van der Waals surface area (Å²) >= 11 is 1.40. The lowest BCUT2D eigenvalue weighted by Crippen LogP contribution is -2.46. The zero-order valence-electron chi connectivity index (χ0n) is 12.5. The molecule has 1 amide bonds. The van der Waals surface area contributed by atoms with E-state index >= 15 is 0 Å². The number of carboxylic acid groups (broad SMARTS) is 1. The van der Waals surface area contributed by atoms with Crippen LogP contribution in [0.15, 0.2) is 22.8 Å². The first-order valence-electron chi connectivity index (χ1n) is 7.18. The minimum Gasteiger partial charge on any atom is -0.481 e. The van der Waals surface area contributed by atoms with Crippen molar-refractivity contribution in [3.63, 3.8) is 0 Å². The Morgan fingerprint density at radius 3 is 3.04 bits per heavy atom. The van der Waals surface area contributed by atoms with Crippen LogP contribution < -0.4 is 0 Å². The average molecular weight is 336 g/mol. The molecule has 1 fully saturated rings. The molecule has 8 heteroatoms. The van der Waals surface area contributed by atoms with Crippen LogP contribution in [0.5, 0.6) is 0 Å². The Hall–Kier alpha value is -2.19. The van der Waals surface area contributed by atoms with Gasteiger partial charge in [0, 0.05) is 18.0 Å². The molecule has 0 aliphatic carbocycles. The van der Waals surface area contributed by atoms with E-state index in [-0.39, 0.29) is 18.9 Å². The van der Waals surface area contributed by atoms with E-state index in [4.69, 9.17) is 14.3 Å². The van der Waals surface area contributed by atoms with E-state index in [1.807, 2.05) is 6.92 Å². The molecule has 23 heavy (non-hydrogen) atoms. The van der Waals surface area contributed by atoms with Crippen molar-refractivity contribution in [2.75, 3.05) is 19.7 Å². The van der Waals surface area contributed by atoms with Gasteiger partial charge in [-0.25, -0.2) is 4.98 Å². The number of hydrogen-bond acceptors (Lipinski definition) is 6. The van der Waals surface area contributed by atoms with Gasteiger partial charge < -0.3 is 19.2 Å². The van der Waals surface area contributed by atoms with Gasteiger partial charge in [0.05, 0.1) is 25.4 Å². The van der Waals surface area contributed by atoms with E-state index in [0.717, 1.165) is 4.88 Å². The summed E-state index contributed by atoms with van der Waals surface area (Å²) in [6.45, 7) is 2.87. The molecule has 1 unspecified atom stereocenters. The zero-order chi connectivity index (χ0) is 16.4. The number of hydrogen-bond donors (Lipinski definition) is 1. The summed E-state index contributed by atoms with van der Waals surface area (Å²) in [5.74, 6) is -0.507. The maximum atomic E-state index is 12.7. The maximum absolute atomic E-state index is 12.7. The highest BCUT2D eigenvalue weighted by molar-refractivity contribution is 7.15. The molecule has 1 atom stereocenters. The van der Waals surface area contributed by atoms with Crippen LogP contribution in [-0.4, -0.2) is 52.7 Å². The van der Waals surface area contributed by atoms with Crippen molar-refractivity contribution in [2.45, 2.75) is 19.4 Å². The smallest absolute Gasteiger partial charge is 0.306 e. The number of aliphatic carboxylic acids is 1. The molecular formula is C15H16N2O5S. The minimum absolute atomic E-state index is 0.114. The Labute approximate surface area is 136 Å². The molecule has 1 aliphatic heterocycles. The first kappa shape index (κ1) is 15.7. The van der Waals surface area contributed by atoms with Crippen LogP contribution in [-0.2, 0) is 9.53 Å². The van der Waals surface area contributed by atoms with Gasteiger partial charge in [0.2, 0.25) is 0 Å². The van der Waals surface area contributed by atoms with Gasteiger partial charge in [-0.05, 0) is 19.1 Å². The quantitative estimate of drug-likeness (QED) is 0.918. The summed E-state index contributed by atoms with van der Waals surface area (Å²) in [5, 5.41) is 9.51. The van der Waals surface area contributed by atoms with Crippen molar-refractivity contribution in [1.29, 1.82) is 0 Å². The predicted molar refractivity (Wildman–Crippen MR) is 82.4 cm³/mol. The molecule has 1 N–H and O–H groups in total. The van der Waals surface area contributed by atoms with Gasteiger partial charge >= 0.3 is 5.97 Å². The van der Waals surface area contributed by atoms with Crippen LogP contribution in [0.25, 0.3) is 10.8 Å². The molecule has 7 nitrogen and oxygen atoms in total. The SMILES string of the molecule is Cc1sc(-c2ccco2)nc1C(=O)N1CCOC(CC(=O)O)C1. The number of rotatable bonds is 4. The maximum Gasteiger partial charge on any atom is 0.306 e. The Balaban J connectivity index is 1.76. The van der Waals surface area contributed by atoms with E-state index in [1.165, 1.54) is 11.3 Å². The van der Waals surface area contributed by atoms with Crippen molar-refractivity contribution in [3.8, 4) is 10.8 Å². The highest BCUT2D eigenvalue weighted by Gasteiger charge is 2.29. The molecule has 0 radical (unpaired) electrons. The molecule has 0 saturated carbocycles. The molecule has 2 aromatic rings. The van der Waals surface area contributed by atoms with Crippen molar-refractivity contribution < 1.29 is 23.8 Å². The normalized spacial score (nSPS) is 18.1. The summed E-state index contributed by atoms with van der Waals surface area (Å²) in [4.78, 5) is 30.3. The van der Waals surface area contributed by atoms with Crippen molar-refractivity contribution >= 4 is 23.2 Å². The lowest BCUT2D eigenvalue weighted by molar-refractivity contribution is -0.141. The average Bonchev–Trinajstić information content (AvgIpc) is 3.15. The van der Waals surface area contributed by atoms with Crippen LogP contribution >= 0.6 is 11.3 Å². The Bertz CT molecular complexity index is 710. The van der Waals surface area contributed by atoms with Crippen LogP contribution in [0, 0.1) is 6.92 Å². The molecule has 0 spiro atoms. The number of furan rings is 1. The zero-order valence-corrected chi connectivity index (χ0v) is 13.3. The highest BCUT2D eigenvalue weighted by Crippen LogP contribution is 2.28. The van der Waals surface area contributed by atoms with E-state index in [2.05, 4.69) is 4.98 Å². The predicted octanol–water partition coefficient (Wildman–Crippen LogP) is 2.03. The molecule has 3 heterocycles.